The van der Waals surface area contributed by atoms with Crippen LogP contribution >= 0.6 is 15.9 Å². The Morgan fingerprint density at radius 2 is 2.18 bits per heavy atom. The van der Waals surface area contributed by atoms with Crippen LogP contribution in [-0.2, 0) is 9.59 Å². The molecule has 0 spiro atoms. The number of amides is 1. The first-order valence-corrected chi connectivity index (χ1v) is 5.67. The first kappa shape index (κ1) is 13.6. The number of hydrogen-bond acceptors (Lipinski definition) is 2. The van der Waals surface area contributed by atoms with E-state index in [-0.39, 0.29) is 12.1 Å². The summed E-state index contributed by atoms with van der Waals surface area (Å²) >= 11 is 3.15. The van der Waals surface area contributed by atoms with Crippen molar-refractivity contribution in [2.75, 3.05) is 5.32 Å². The minimum absolute atomic E-state index is 0.0293. The van der Waals surface area contributed by atoms with Gasteiger partial charge in [-0.3, -0.25) is 9.59 Å². The zero-order valence-electron chi connectivity index (χ0n) is 9.04. The zero-order valence-corrected chi connectivity index (χ0v) is 10.6. The highest BCUT2D eigenvalue weighted by molar-refractivity contribution is 9.10. The third-order valence-electron chi connectivity index (χ3n) is 2.11. The van der Waals surface area contributed by atoms with E-state index in [2.05, 4.69) is 21.2 Å². The van der Waals surface area contributed by atoms with Crippen molar-refractivity contribution in [3.05, 3.63) is 28.5 Å². The van der Waals surface area contributed by atoms with Crippen LogP contribution in [0.3, 0.4) is 0 Å². The normalized spacial score (nSPS) is 11.9. The van der Waals surface area contributed by atoms with Gasteiger partial charge in [0, 0.05) is 10.4 Å². The molecule has 1 amide bonds. The molecular formula is C11H11BrFNO3. The second kappa shape index (κ2) is 5.77. The van der Waals surface area contributed by atoms with Crippen LogP contribution in [0.1, 0.15) is 13.3 Å². The lowest BCUT2D eigenvalue weighted by Crippen LogP contribution is -2.23. The molecule has 0 aliphatic carbocycles. The summed E-state index contributed by atoms with van der Waals surface area (Å²) in [5, 5.41) is 10.9. The fourth-order valence-corrected chi connectivity index (χ4v) is 1.56. The summed E-state index contributed by atoms with van der Waals surface area (Å²) < 4.78 is 13.9. The van der Waals surface area contributed by atoms with Crippen LogP contribution in [0.2, 0.25) is 0 Å². The number of carboxylic acids is 1. The van der Waals surface area contributed by atoms with Gasteiger partial charge in [-0.15, -0.1) is 0 Å². The molecule has 0 heterocycles. The van der Waals surface area contributed by atoms with Gasteiger partial charge in [-0.1, -0.05) is 22.9 Å². The number of rotatable bonds is 4. The van der Waals surface area contributed by atoms with E-state index in [9.17, 15) is 14.0 Å². The molecule has 0 aliphatic heterocycles. The minimum atomic E-state index is -1.07. The number of carbonyl (C=O) groups excluding carboxylic acids is 1. The van der Waals surface area contributed by atoms with Crippen molar-refractivity contribution in [1.29, 1.82) is 0 Å². The van der Waals surface area contributed by atoms with Gasteiger partial charge in [0.2, 0.25) is 5.91 Å². The molecule has 6 heteroatoms. The molecule has 17 heavy (non-hydrogen) atoms. The van der Waals surface area contributed by atoms with Gasteiger partial charge in [0.1, 0.15) is 5.82 Å². The lowest BCUT2D eigenvalue weighted by molar-refractivity contribution is -0.139. The first-order valence-electron chi connectivity index (χ1n) is 4.88. The van der Waals surface area contributed by atoms with E-state index in [1.807, 2.05) is 0 Å². The minimum Gasteiger partial charge on any atom is -0.481 e. The molecule has 0 radical (unpaired) electrons. The maximum absolute atomic E-state index is 13.3. The van der Waals surface area contributed by atoms with Crippen LogP contribution in [0.15, 0.2) is 22.7 Å². The van der Waals surface area contributed by atoms with E-state index in [1.54, 1.807) is 0 Å². The van der Waals surface area contributed by atoms with Crippen molar-refractivity contribution in [2.24, 2.45) is 5.92 Å². The zero-order chi connectivity index (χ0) is 13.0. The molecule has 2 N–H and O–H groups in total. The lowest BCUT2D eigenvalue weighted by Gasteiger charge is -2.11. The summed E-state index contributed by atoms with van der Waals surface area (Å²) in [4.78, 5) is 22.0. The molecule has 0 saturated carbocycles. The highest BCUT2D eigenvalue weighted by Crippen LogP contribution is 2.20. The van der Waals surface area contributed by atoms with E-state index < -0.39 is 23.6 Å². The highest BCUT2D eigenvalue weighted by Gasteiger charge is 2.17. The summed E-state index contributed by atoms with van der Waals surface area (Å²) in [7, 11) is 0. The van der Waals surface area contributed by atoms with Crippen molar-refractivity contribution in [3.63, 3.8) is 0 Å². The molecule has 1 aromatic carbocycles. The average molecular weight is 304 g/mol. The van der Waals surface area contributed by atoms with Crippen LogP contribution in [-0.4, -0.2) is 17.0 Å². The Morgan fingerprint density at radius 1 is 1.53 bits per heavy atom. The summed E-state index contributed by atoms with van der Waals surface area (Å²) in [6.45, 7) is 1.47. The second-order valence-electron chi connectivity index (χ2n) is 3.61. The van der Waals surface area contributed by atoms with Gasteiger partial charge in [0.05, 0.1) is 12.1 Å². The summed E-state index contributed by atoms with van der Waals surface area (Å²) in [5.41, 5.74) is 0.0293. The number of carbonyl (C=O) groups is 2. The highest BCUT2D eigenvalue weighted by atomic mass is 79.9. The van der Waals surface area contributed by atoms with E-state index in [0.717, 1.165) is 0 Å². The van der Waals surface area contributed by atoms with Gasteiger partial charge in [0.25, 0.3) is 0 Å². The molecule has 0 aliphatic rings. The van der Waals surface area contributed by atoms with Gasteiger partial charge in [-0.25, -0.2) is 4.39 Å². The van der Waals surface area contributed by atoms with Crippen LogP contribution < -0.4 is 5.32 Å². The van der Waals surface area contributed by atoms with Gasteiger partial charge in [-0.2, -0.15) is 0 Å². The van der Waals surface area contributed by atoms with Crippen LogP contribution in [0.4, 0.5) is 10.1 Å². The predicted molar refractivity (Wildman–Crippen MR) is 64.1 cm³/mol. The maximum atomic E-state index is 13.3. The molecule has 0 saturated heterocycles. The third kappa shape index (κ3) is 4.14. The average Bonchev–Trinajstić information content (AvgIpc) is 2.22. The Hall–Kier alpha value is -1.43. The molecular weight excluding hydrogens is 293 g/mol. The van der Waals surface area contributed by atoms with Crippen molar-refractivity contribution < 1.29 is 19.1 Å². The molecule has 1 unspecified atom stereocenters. The summed E-state index contributed by atoms with van der Waals surface area (Å²) in [6, 6.07) is 4.13. The van der Waals surface area contributed by atoms with Crippen LogP contribution in [0.25, 0.3) is 0 Å². The Morgan fingerprint density at radius 3 is 2.76 bits per heavy atom. The molecule has 1 atom stereocenters. The van der Waals surface area contributed by atoms with Crippen molar-refractivity contribution in [1.82, 2.24) is 0 Å². The molecule has 0 bridgehead atoms. The topological polar surface area (TPSA) is 66.4 Å². The monoisotopic (exact) mass is 303 g/mol. The fraction of sp³-hybridized carbons (Fsp3) is 0.273. The first-order chi connectivity index (χ1) is 7.90. The smallest absolute Gasteiger partial charge is 0.304 e. The van der Waals surface area contributed by atoms with E-state index in [0.29, 0.717) is 4.47 Å². The van der Waals surface area contributed by atoms with E-state index in [1.165, 1.54) is 25.1 Å². The number of hydrogen-bond donors (Lipinski definition) is 2. The molecule has 1 rings (SSSR count). The number of carboxylic acid groups (broad SMARTS) is 1. The van der Waals surface area contributed by atoms with Crippen molar-refractivity contribution in [2.45, 2.75) is 13.3 Å². The Kier molecular flexibility index (Phi) is 4.62. The Labute approximate surface area is 106 Å². The molecule has 0 fully saturated rings. The molecule has 92 valence electrons. The number of anilines is 1. The van der Waals surface area contributed by atoms with Crippen LogP contribution in [0, 0.1) is 11.7 Å². The molecule has 0 aromatic heterocycles. The SMILES string of the molecule is CC(CC(=O)O)C(=O)Nc1cc(Br)ccc1F. The predicted octanol–water partition coefficient (Wildman–Crippen LogP) is 2.64. The largest absolute Gasteiger partial charge is 0.481 e. The lowest BCUT2D eigenvalue weighted by atomic mass is 10.1. The van der Waals surface area contributed by atoms with E-state index >= 15 is 0 Å². The number of halogens is 2. The van der Waals surface area contributed by atoms with Gasteiger partial charge >= 0.3 is 5.97 Å². The number of aliphatic carboxylic acids is 1. The fourth-order valence-electron chi connectivity index (χ4n) is 1.20. The number of nitrogens with one attached hydrogen (secondary N) is 1. The van der Waals surface area contributed by atoms with Gasteiger partial charge < -0.3 is 10.4 Å². The third-order valence-corrected chi connectivity index (χ3v) is 2.61. The maximum Gasteiger partial charge on any atom is 0.304 e. The standard InChI is InChI=1S/C11H11BrFNO3/c1-6(4-10(15)16)11(17)14-9-5-7(12)2-3-8(9)13/h2-3,5-6H,4H2,1H3,(H,14,17)(H,15,16). The summed E-state index contributed by atoms with van der Waals surface area (Å²) in [5.74, 6) is -2.87. The second-order valence-corrected chi connectivity index (χ2v) is 4.53. The molecule has 1 aromatic rings. The number of benzene rings is 1. The Bertz CT molecular complexity index is 450. The van der Waals surface area contributed by atoms with E-state index in [4.69, 9.17) is 5.11 Å². The van der Waals surface area contributed by atoms with Crippen molar-refractivity contribution >= 4 is 33.5 Å². The van der Waals surface area contributed by atoms with Crippen molar-refractivity contribution in [3.8, 4) is 0 Å². The summed E-state index contributed by atoms with van der Waals surface area (Å²) in [6.07, 6.45) is -0.290. The van der Waals surface area contributed by atoms with Crippen LogP contribution in [0.5, 0.6) is 0 Å². The van der Waals surface area contributed by atoms with Gasteiger partial charge in [-0.05, 0) is 18.2 Å². The quantitative estimate of drug-likeness (QED) is 0.898. The Balaban J connectivity index is 2.73. The molecule has 4 nitrogen and oxygen atoms in total. The van der Waals surface area contributed by atoms with Gasteiger partial charge in [0.15, 0.2) is 0 Å².